The lowest BCUT2D eigenvalue weighted by Gasteiger charge is -2.11. The molecule has 0 spiro atoms. The van der Waals surface area contributed by atoms with Crippen molar-refractivity contribution in [3.8, 4) is 22.7 Å². The number of halogens is 1. The van der Waals surface area contributed by atoms with Gasteiger partial charge in [-0.25, -0.2) is 4.68 Å². The van der Waals surface area contributed by atoms with E-state index in [0.29, 0.717) is 11.6 Å². The molecule has 0 radical (unpaired) electrons. The number of benzene rings is 2. The van der Waals surface area contributed by atoms with E-state index in [1.54, 1.807) is 22.9 Å². The maximum absolute atomic E-state index is 13.0. The van der Waals surface area contributed by atoms with Gasteiger partial charge < -0.3 is 20.3 Å². The third-order valence-corrected chi connectivity index (χ3v) is 5.45. The van der Waals surface area contributed by atoms with Crippen molar-refractivity contribution in [3.05, 3.63) is 65.3 Å². The van der Waals surface area contributed by atoms with Crippen LogP contribution in [0.1, 0.15) is 23.8 Å². The highest BCUT2D eigenvalue weighted by Crippen LogP contribution is 2.28. The van der Waals surface area contributed by atoms with Gasteiger partial charge in [0.25, 0.3) is 5.91 Å². The van der Waals surface area contributed by atoms with Gasteiger partial charge in [-0.1, -0.05) is 36.7 Å². The molecule has 2 aromatic carbocycles. The van der Waals surface area contributed by atoms with Gasteiger partial charge in [-0.15, -0.1) is 0 Å². The minimum Gasteiger partial charge on any atom is -0.494 e. The summed E-state index contributed by atoms with van der Waals surface area (Å²) in [6, 6.07) is 16.7. The van der Waals surface area contributed by atoms with E-state index in [2.05, 4.69) is 22.7 Å². The highest BCUT2D eigenvalue weighted by atomic mass is 35.5. The Balaban J connectivity index is 1.65. The Hall–Kier alpha value is -3.36. The van der Waals surface area contributed by atoms with E-state index in [4.69, 9.17) is 16.3 Å². The van der Waals surface area contributed by atoms with Crippen LogP contribution >= 0.6 is 11.6 Å². The molecule has 3 aromatic rings. The summed E-state index contributed by atoms with van der Waals surface area (Å²) in [5, 5.41) is 11.1. The van der Waals surface area contributed by atoms with Crippen LogP contribution in [0.25, 0.3) is 16.9 Å². The van der Waals surface area contributed by atoms with Gasteiger partial charge in [-0.3, -0.25) is 9.59 Å². The van der Waals surface area contributed by atoms with Crippen LogP contribution in [0.15, 0.2) is 54.6 Å². The summed E-state index contributed by atoms with van der Waals surface area (Å²) in [7, 11) is 0. The van der Waals surface area contributed by atoms with Crippen molar-refractivity contribution < 1.29 is 14.3 Å². The zero-order chi connectivity index (χ0) is 23.2. The number of aromatic nitrogens is 2. The molecule has 1 aliphatic heterocycles. The molecular weight excluding hydrogens is 442 g/mol. The number of carbonyl (C=O) groups excluding carboxylic acids is 2. The largest absolute Gasteiger partial charge is 0.494 e. The predicted octanol–water partition coefficient (Wildman–Crippen LogP) is 3.10. The molecule has 2 heterocycles. The molecule has 0 aliphatic carbocycles. The lowest BCUT2D eigenvalue weighted by atomic mass is 10.1. The average Bonchev–Trinajstić information content (AvgIpc) is 3.46. The van der Waals surface area contributed by atoms with E-state index in [0.717, 1.165) is 42.2 Å². The van der Waals surface area contributed by atoms with Gasteiger partial charge in [0.2, 0.25) is 5.91 Å². The first-order valence-electron chi connectivity index (χ1n) is 10.9. The van der Waals surface area contributed by atoms with Gasteiger partial charge in [0.1, 0.15) is 12.3 Å². The number of hydrogen-bond acceptors (Lipinski definition) is 5. The summed E-state index contributed by atoms with van der Waals surface area (Å²) in [5.74, 6) is 0.244. The summed E-state index contributed by atoms with van der Waals surface area (Å²) >= 11 is 6.21. The van der Waals surface area contributed by atoms with Crippen molar-refractivity contribution in [2.24, 2.45) is 0 Å². The third kappa shape index (κ3) is 5.53. The fourth-order valence-corrected chi connectivity index (χ4v) is 3.76. The Morgan fingerprint density at radius 2 is 2.06 bits per heavy atom. The van der Waals surface area contributed by atoms with Gasteiger partial charge >= 0.3 is 0 Å². The van der Waals surface area contributed by atoms with Crippen LogP contribution in [0.5, 0.6) is 5.75 Å². The second-order valence-corrected chi connectivity index (χ2v) is 8.09. The van der Waals surface area contributed by atoms with Crippen LogP contribution in [0.4, 0.5) is 0 Å². The molecule has 1 aliphatic rings. The average molecular weight is 468 g/mol. The fourth-order valence-electron chi connectivity index (χ4n) is 3.58. The summed E-state index contributed by atoms with van der Waals surface area (Å²) in [6.45, 7) is 4.71. The molecule has 0 atom stereocenters. The molecule has 1 aromatic heterocycles. The van der Waals surface area contributed by atoms with Crippen LogP contribution in [0.3, 0.4) is 0 Å². The lowest BCUT2D eigenvalue weighted by molar-refractivity contribution is -0.118. The highest BCUT2D eigenvalue weighted by Gasteiger charge is 2.27. The van der Waals surface area contributed by atoms with Gasteiger partial charge in [-0.05, 0) is 55.9 Å². The molecule has 0 saturated carbocycles. The summed E-state index contributed by atoms with van der Waals surface area (Å²) < 4.78 is 7.60. The Morgan fingerprint density at radius 1 is 1.21 bits per heavy atom. The van der Waals surface area contributed by atoms with E-state index in [1.807, 2.05) is 36.4 Å². The van der Waals surface area contributed by atoms with Crippen molar-refractivity contribution in [1.82, 2.24) is 25.3 Å². The molecule has 33 heavy (non-hydrogen) atoms. The summed E-state index contributed by atoms with van der Waals surface area (Å²) in [4.78, 5) is 26.0. The summed E-state index contributed by atoms with van der Waals surface area (Å²) in [6.07, 6.45) is 0.903. The van der Waals surface area contributed by atoms with Crippen molar-refractivity contribution in [2.75, 3.05) is 32.9 Å². The zero-order valence-electron chi connectivity index (χ0n) is 18.4. The molecule has 4 rings (SSSR count). The molecule has 1 fully saturated rings. The molecule has 2 amide bonds. The second-order valence-electron chi connectivity index (χ2n) is 7.65. The number of rotatable bonds is 9. The Bertz CT molecular complexity index is 1150. The number of nitrogens with one attached hydrogen (secondary N) is 2. The molecule has 0 unspecified atom stereocenters. The van der Waals surface area contributed by atoms with Gasteiger partial charge in [0.15, 0.2) is 5.69 Å². The Kier molecular flexibility index (Phi) is 7.26. The fraction of sp³-hybridized carbons (Fsp3) is 0.292. The van der Waals surface area contributed by atoms with Crippen molar-refractivity contribution >= 4 is 23.4 Å². The maximum Gasteiger partial charge on any atom is 0.276 e. The van der Waals surface area contributed by atoms with Crippen LogP contribution in [-0.4, -0.2) is 59.4 Å². The molecule has 0 bridgehead atoms. The first kappa shape index (κ1) is 22.8. The maximum atomic E-state index is 13.0. The smallest absolute Gasteiger partial charge is 0.276 e. The number of hydrogen-bond donors (Lipinski definition) is 2. The molecule has 172 valence electrons. The van der Waals surface area contributed by atoms with Crippen LogP contribution in [-0.2, 0) is 4.79 Å². The first-order valence-corrected chi connectivity index (χ1v) is 11.3. The number of ether oxygens (including phenoxy) is 1. The Morgan fingerprint density at radius 3 is 2.82 bits per heavy atom. The van der Waals surface area contributed by atoms with Crippen molar-refractivity contribution in [1.29, 1.82) is 0 Å². The quantitative estimate of drug-likeness (QED) is 0.472. The van der Waals surface area contributed by atoms with Crippen LogP contribution < -0.4 is 15.4 Å². The molecule has 2 N–H and O–H groups in total. The normalized spacial score (nSPS) is 13.3. The van der Waals surface area contributed by atoms with Crippen molar-refractivity contribution in [3.63, 3.8) is 0 Å². The molecular formula is C24H26ClN5O3. The number of carbonyl (C=O) groups is 2. The molecule has 8 nitrogen and oxygen atoms in total. The minimum atomic E-state index is -0.314. The number of amides is 2. The SMILES string of the molecule is CCNCCCOc1cccc(-c2cc(C(=O)N3CNC(=O)C3)nn2-c2cccc(Cl)c2)c1. The lowest BCUT2D eigenvalue weighted by Crippen LogP contribution is -2.30. The standard InChI is InChI=1S/C24H26ClN5O3/c1-2-26-10-5-11-33-20-9-3-6-17(12-20)22-14-21(24(32)29-15-23(31)27-16-29)28-30(22)19-8-4-7-18(25)13-19/h3-4,6-9,12-14,26H,2,5,10-11,15-16H2,1H3,(H,27,31). The minimum absolute atomic E-state index is 0.0222. The molecule has 9 heteroatoms. The summed E-state index contributed by atoms with van der Waals surface area (Å²) in [5.41, 5.74) is 2.54. The topological polar surface area (TPSA) is 88.5 Å². The molecule has 1 saturated heterocycles. The van der Waals surface area contributed by atoms with E-state index >= 15 is 0 Å². The van der Waals surface area contributed by atoms with Crippen LogP contribution in [0, 0.1) is 0 Å². The number of nitrogens with zero attached hydrogens (tertiary/aromatic N) is 3. The second kappa shape index (κ2) is 10.5. The zero-order valence-corrected chi connectivity index (χ0v) is 19.1. The predicted molar refractivity (Wildman–Crippen MR) is 127 cm³/mol. The first-order chi connectivity index (χ1) is 16.0. The highest BCUT2D eigenvalue weighted by molar-refractivity contribution is 6.30. The van der Waals surface area contributed by atoms with E-state index in [-0.39, 0.29) is 30.7 Å². The van der Waals surface area contributed by atoms with E-state index in [9.17, 15) is 9.59 Å². The van der Waals surface area contributed by atoms with Gasteiger partial charge in [0, 0.05) is 10.6 Å². The van der Waals surface area contributed by atoms with Crippen molar-refractivity contribution in [2.45, 2.75) is 13.3 Å². The van der Waals surface area contributed by atoms with Gasteiger partial charge in [0.05, 0.1) is 24.7 Å². The van der Waals surface area contributed by atoms with E-state index in [1.165, 1.54) is 4.90 Å². The van der Waals surface area contributed by atoms with E-state index < -0.39 is 0 Å². The van der Waals surface area contributed by atoms with Crippen LogP contribution in [0.2, 0.25) is 5.02 Å². The monoisotopic (exact) mass is 467 g/mol. The Labute approximate surface area is 197 Å². The third-order valence-electron chi connectivity index (χ3n) is 5.22. The van der Waals surface area contributed by atoms with Gasteiger partial charge in [-0.2, -0.15) is 5.10 Å².